The average molecular weight is 255 g/mol. The van der Waals surface area contributed by atoms with Crippen LogP contribution in [0, 0.1) is 0 Å². The highest BCUT2D eigenvalue weighted by atomic mass is 32.1. The number of hydrogen-bond donors (Lipinski definition) is 2. The number of thiophene rings is 1. The Balaban J connectivity index is 2.01. The number of hydrogen-bond acceptors (Lipinski definition) is 4. The lowest BCUT2D eigenvalue weighted by Crippen LogP contribution is -2.59. The summed E-state index contributed by atoms with van der Waals surface area (Å²) in [6.45, 7) is 0.967. The van der Waals surface area contributed by atoms with Crippen LogP contribution in [-0.4, -0.2) is 30.5 Å². The lowest BCUT2D eigenvalue weighted by atomic mass is 9.79. The first-order chi connectivity index (χ1) is 8.30. The maximum absolute atomic E-state index is 9.73. The molecule has 0 aromatic carbocycles. The molecule has 1 aliphatic rings. The van der Waals surface area contributed by atoms with Crippen molar-refractivity contribution in [2.24, 2.45) is 0 Å². The molecule has 1 saturated carbocycles. The Kier molecular flexibility index (Phi) is 4.56. The van der Waals surface area contributed by atoms with E-state index in [-0.39, 0.29) is 18.2 Å². The van der Waals surface area contributed by atoms with Crippen molar-refractivity contribution in [1.29, 1.82) is 0 Å². The quantitative estimate of drug-likeness (QED) is 0.847. The Morgan fingerprint density at radius 2 is 2.47 bits per heavy atom. The van der Waals surface area contributed by atoms with Crippen LogP contribution in [0.4, 0.5) is 0 Å². The molecular formula is C13H21NO2S. The zero-order valence-corrected chi connectivity index (χ0v) is 11.1. The van der Waals surface area contributed by atoms with Crippen LogP contribution in [0.2, 0.25) is 0 Å². The second-order valence-electron chi connectivity index (χ2n) is 4.72. The van der Waals surface area contributed by atoms with Gasteiger partial charge in [0.15, 0.2) is 0 Å². The van der Waals surface area contributed by atoms with Crippen LogP contribution < -0.4 is 5.32 Å². The maximum atomic E-state index is 9.73. The van der Waals surface area contributed by atoms with E-state index in [0.29, 0.717) is 0 Å². The Labute approximate surface area is 107 Å². The van der Waals surface area contributed by atoms with Crippen LogP contribution in [0.5, 0.6) is 0 Å². The summed E-state index contributed by atoms with van der Waals surface area (Å²) >= 11 is 1.74. The zero-order valence-electron chi connectivity index (χ0n) is 10.3. The molecule has 0 saturated heterocycles. The highest BCUT2D eigenvalue weighted by Crippen LogP contribution is 2.30. The Morgan fingerprint density at radius 1 is 1.59 bits per heavy atom. The number of aliphatic hydroxyl groups excluding tert-OH is 1. The van der Waals surface area contributed by atoms with E-state index < -0.39 is 0 Å². The van der Waals surface area contributed by atoms with Crippen LogP contribution >= 0.6 is 11.3 Å². The molecule has 17 heavy (non-hydrogen) atoms. The van der Waals surface area contributed by atoms with E-state index in [1.807, 2.05) is 0 Å². The molecule has 1 fully saturated rings. The lowest BCUT2D eigenvalue weighted by molar-refractivity contribution is -0.0389. The van der Waals surface area contributed by atoms with E-state index in [1.165, 1.54) is 11.3 Å². The van der Waals surface area contributed by atoms with Gasteiger partial charge in [-0.25, -0.2) is 0 Å². The van der Waals surface area contributed by atoms with E-state index in [4.69, 9.17) is 4.74 Å². The largest absolute Gasteiger partial charge is 0.394 e. The first kappa shape index (κ1) is 13.0. The van der Waals surface area contributed by atoms with Gasteiger partial charge in [0, 0.05) is 18.5 Å². The van der Waals surface area contributed by atoms with Crippen LogP contribution in [-0.2, 0) is 11.3 Å². The van der Waals surface area contributed by atoms with Crippen molar-refractivity contribution < 1.29 is 9.84 Å². The molecule has 1 aliphatic carbocycles. The minimum Gasteiger partial charge on any atom is -0.394 e. The number of ether oxygens (including phenoxy) is 1. The smallest absolute Gasteiger partial charge is 0.0775 e. The molecule has 2 atom stereocenters. The monoisotopic (exact) mass is 255 g/mol. The third-order valence-electron chi connectivity index (χ3n) is 3.72. The Morgan fingerprint density at radius 3 is 3.12 bits per heavy atom. The van der Waals surface area contributed by atoms with Gasteiger partial charge in [0.1, 0.15) is 0 Å². The summed E-state index contributed by atoms with van der Waals surface area (Å²) in [6, 6.07) is 4.18. The van der Waals surface area contributed by atoms with E-state index in [2.05, 4.69) is 22.8 Å². The van der Waals surface area contributed by atoms with Crippen LogP contribution in [0.25, 0.3) is 0 Å². The molecule has 1 aromatic rings. The second kappa shape index (κ2) is 5.96. The molecule has 0 radical (unpaired) electrons. The fourth-order valence-electron chi connectivity index (χ4n) is 2.67. The van der Waals surface area contributed by atoms with Crippen LogP contribution in [0.3, 0.4) is 0 Å². The minimum atomic E-state index is -0.253. The van der Waals surface area contributed by atoms with Gasteiger partial charge < -0.3 is 15.2 Å². The van der Waals surface area contributed by atoms with Gasteiger partial charge in [-0.15, -0.1) is 11.3 Å². The summed E-state index contributed by atoms with van der Waals surface area (Å²) < 4.78 is 5.55. The summed E-state index contributed by atoms with van der Waals surface area (Å²) in [5, 5.41) is 15.3. The summed E-state index contributed by atoms with van der Waals surface area (Å²) in [5.41, 5.74) is -0.253. The third kappa shape index (κ3) is 2.88. The molecule has 1 aromatic heterocycles. The topological polar surface area (TPSA) is 41.5 Å². The van der Waals surface area contributed by atoms with Crippen LogP contribution in [0.15, 0.2) is 17.5 Å². The summed E-state index contributed by atoms with van der Waals surface area (Å²) in [4.78, 5) is 1.30. The minimum absolute atomic E-state index is 0.126. The standard InChI is InChI=1S/C13H21NO2S/c1-16-12-6-2-3-7-13(12,10-15)14-9-11-5-4-8-17-11/h4-5,8,12,14-15H,2-3,6-7,9-10H2,1H3. The van der Waals surface area contributed by atoms with Crippen molar-refractivity contribution in [3.63, 3.8) is 0 Å². The van der Waals surface area contributed by atoms with Gasteiger partial charge in [-0.3, -0.25) is 0 Å². The van der Waals surface area contributed by atoms with Gasteiger partial charge in [-0.2, -0.15) is 0 Å². The average Bonchev–Trinajstić information content (AvgIpc) is 2.89. The summed E-state index contributed by atoms with van der Waals surface area (Å²) in [5.74, 6) is 0. The van der Waals surface area contributed by atoms with Gasteiger partial charge in [-0.05, 0) is 24.3 Å². The van der Waals surface area contributed by atoms with Gasteiger partial charge in [0.25, 0.3) is 0 Å². The molecule has 1 heterocycles. The van der Waals surface area contributed by atoms with Gasteiger partial charge >= 0.3 is 0 Å². The first-order valence-electron chi connectivity index (χ1n) is 6.22. The van der Waals surface area contributed by atoms with Crippen molar-refractivity contribution in [3.8, 4) is 0 Å². The van der Waals surface area contributed by atoms with E-state index in [0.717, 1.165) is 25.8 Å². The highest BCUT2D eigenvalue weighted by Gasteiger charge is 2.40. The molecule has 3 nitrogen and oxygen atoms in total. The third-order valence-corrected chi connectivity index (χ3v) is 4.59. The second-order valence-corrected chi connectivity index (χ2v) is 5.75. The molecule has 4 heteroatoms. The van der Waals surface area contributed by atoms with Crippen molar-refractivity contribution in [3.05, 3.63) is 22.4 Å². The Bertz CT molecular complexity index is 328. The summed E-state index contributed by atoms with van der Waals surface area (Å²) in [6.07, 6.45) is 4.52. The van der Waals surface area contributed by atoms with Crippen molar-refractivity contribution in [1.82, 2.24) is 5.32 Å². The van der Waals surface area contributed by atoms with Gasteiger partial charge in [-0.1, -0.05) is 18.9 Å². The molecule has 0 amide bonds. The number of methoxy groups -OCH3 is 1. The predicted octanol–water partition coefficient (Wildman–Crippen LogP) is 2.16. The fraction of sp³-hybridized carbons (Fsp3) is 0.692. The van der Waals surface area contributed by atoms with E-state index in [1.54, 1.807) is 18.4 Å². The van der Waals surface area contributed by atoms with Gasteiger partial charge in [0.2, 0.25) is 0 Å². The van der Waals surface area contributed by atoms with Crippen molar-refractivity contribution in [2.45, 2.75) is 43.9 Å². The lowest BCUT2D eigenvalue weighted by Gasteiger charge is -2.42. The van der Waals surface area contributed by atoms with E-state index in [9.17, 15) is 5.11 Å². The number of aliphatic hydroxyl groups is 1. The molecule has 2 unspecified atom stereocenters. The Hall–Kier alpha value is -0.420. The van der Waals surface area contributed by atoms with Crippen molar-refractivity contribution >= 4 is 11.3 Å². The fourth-order valence-corrected chi connectivity index (χ4v) is 3.31. The highest BCUT2D eigenvalue weighted by molar-refractivity contribution is 7.09. The predicted molar refractivity (Wildman–Crippen MR) is 70.2 cm³/mol. The molecule has 2 N–H and O–H groups in total. The number of nitrogens with one attached hydrogen (secondary N) is 1. The van der Waals surface area contributed by atoms with Gasteiger partial charge in [0.05, 0.1) is 18.2 Å². The molecular weight excluding hydrogens is 234 g/mol. The normalized spacial score (nSPS) is 29.4. The van der Waals surface area contributed by atoms with Crippen LogP contribution in [0.1, 0.15) is 30.6 Å². The molecule has 0 aliphatic heterocycles. The number of rotatable bonds is 5. The first-order valence-corrected chi connectivity index (χ1v) is 7.10. The van der Waals surface area contributed by atoms with E-state index >= 15 is 0 Å². The molecule has 0 bridgehead atoms. The van der Waals surface area contributed by atoms with Crippen molar-refractivity contribution in [2.75, 3.05) is 13.7 Å². The molecule has 96 valence electrons. The summed E-state index contributed by atoms with van der Waals surface area (Å²) in [7, 11) is 1.74. The SMILES string of the molecule is COC1CCCCC1(CO)NCc1cccs1. The maximum Gasteiger partial charge on any atom is 0.0775 e. The molecule has 0 spiro atoms. The zero-order chi connectivity index (χ0) is 12.1. The molecule has 2 rings (SSSR count).